The van der Waals surface area contributed by atoms with Gasteiger partial charge in [0.2, 0.25) is 0 Å². The number of hydrogen-bond acceptors (Lipinski definition) is 1. The third-order valence-corrected chi connectivity index (χ3v) is 2.59. The fourth-order valence-corrected chi connectivity index (χ4v) is 1.74. The molecule has 1 saturated carbocycles. The second-order valence-corrected chi connectivity index (χ2v) is 3.52. The van der Waals surface area contributed by atoms with Gasteiger partial charge in [0.1, 0.15) is 6.07 Å². The summed E-state index contributed by atoms with van der Waals surface area (Å²) in [5, 5.41) is 8.52. The van der Waals surface area contributed by atoms with Crippen LogP contribution in [0.1, 0.15) is 39.0 Å². The topological polar surface area (TPSA) is 23.8 Å². The number of rotatable bonds is 1. The van der Waals surface area contributed by atoms with Crippen molar-refractivity contribution < 1.29 is 4.39 Å². The average Bonchev–Trinajstić information content (AvgIpc) is 2.06. The second kappa shape index (κ2) is 3.21. The summed E-state index contributed by atoms with van der Waals surface area (Å²) < 4.78 is 13.3. The molecule has 1 rings (SSSR count). The van der Waals surface area contributed by atoms with Crippen LogP contribution in [-0.2, 0) is 0 Å². The molecule has 1 aliphatic carbocycles. The van der Waals surface area contributed by atoms with Gasteiger partial charge in [0.15, 0.2) is 5.67 Å². The first-order chi connectivity index (χ1) is 5.17. The first-order valence-corrected chi connectivity index (χ1v) is 4.27. The van der Waals surface area contributed by atoms with Crippen LogP contribution in [0.2, 0.25) is 0 Å². The van der Waals surface area contributed by atoms with E-state index >= 15 is 0 Å². The summed E-state index contributed by atoms with van der Waals surface area (Å²) in [6.45, 7) is 1.41. The van der Waals surface area contributed by atoms with Crippen LogP contribution >= 0.6 is 0 Å². The zero-order valence-corrected chi connectivity index (χ0v) is 6.94. The maximum absolute atomic E-state index is 13.3. The van der Waals surface area contributed by atoms with E-state index in [1.54, 1.807) is 6.07 Å². The maximum atomic E-state index is 13.3. The first kappa shape index (κ1) is 8.52. The molecule has 0 aromatic rings. The molecule has 2 heteroatoms. The summed E-state index contributed by atoms with van der Waals surface area (Å²) in [5.74, 6) is -0.0127. The van der Waals surface area contributed by atoms with E-state index < -0.39 is 5.67 Å². The minimum atomic E-state index is -1.58. The molecule has 0 unspecified atom stereocenters. The molecule has 0 radical (unpaired) electrons. The Balaban J connectivity index is 2.52. The van der Waals surface area contributed by atoms with Crippen LogP contribution in [0.5, 0.6) is 0 Å². The SMILES string of the molecule is C[C@@](F)(C#N)C1CCCCC1. The molecule has 0 bridgehead atoms. The Morgan fingerprint density at radius 3 is 2.36 bits per heavy atom. The van der Waals surface area contributed by atoms with E-state index in [4.69, 9.17) is 5.26 Å². The van der Waals surface area contributed by atoms with E-state index in [9.17, 15) is 4.39 Å². The van der Waals surface area contributed by atoms with E-state index in [0.29, 0.717) is 0 Å². The van der Waals surface area contributed by atoms with Crippen molar-refractivity contribution in [2.45, 2.75) is 44.7 Å². The lowest BCUT2D eigenvalue weighted by atomic mass is 9.80. The predicted molar refractivity (Wildman–Crippen MR) is 41.7 cm³/mol. The first-order valence-electron chi connectivity index (χ1n) is 4.27. The summed E-state index contributed by atoms with van der Waals surface area (Å²) in [4.78, 5) is 0. The molecule has 0 saturated heterocycles. The quantitative estimate of drug-likeness (QED) is 0.571. The third kappa shape index (κ3) is 1.92. The highest BCUT2D eigenvalue weighted by Gasteiger charge is 2.34. The van der Waals surface area contributed by atoms with Crippen molar-refractivity contribution >= 4 is 0 Å². The van der Waals surface area contributed by atoms with Crippen LogP contribution < -0.4 is 0 Å². The molecule has 0 N–H and O–H groups in total. The summed E-state index contributed by atoms with van der Waals surface area (Å²) in [6.07, 6.45) is 5.16. The highest BCUT2D eigenvalue weighted by molar-refractivity contribution is 5.02. The number of halogens is 1. The molecule has 0 heterocycles. The molecule has 0 spiro atoms. The predicted octanol–water partition coefficient (Wildman–Crippen LogP) is 2.82. The molecule has 1 atom stereocenters. The number of hydrogen-bond donors (Lipinski definition) is 0. The minimum Gasteiger partial charge on any atom is -0.227 e. The van der Waals surface area contributed by atoms with E-state index in [-0.39, 0.29) is 5.92 Å². The van der Waals surface area contributed by atoms with Gasteiger partial charge in [0.05, 0.1) is 0 Å². The van der Waals surface area contributed by atoms with Gasteiger partial charge in [-0.2, -0.15) is 5.26 Å². The largest absolute Gasteiger partial charge is 0.227 e. The molecule has 0 aliphatic heterocycles. The van der Waals surface area contributed by atoms with Gasteiger partial charge in [-0.05, 0) is 19.8 Å². The van der Waals surface area contributed by atoms with Gasteiger partial charge in [-0.25, -0.2) is 4.39 Å². The molecule has 1 nitrogen and oxygen atoms in total. The molecule has 0 aromatic heterocycles. The molecule has 0 amide bonds. The maximum Gasteiger partial charge on any atom is 0.196 e. The molecule has 0 aromatic carbocycles. The Bertz CT molecular complexity index is 163. The number of nitriles is 1. The van der Waals surface area contributed by atoms with Gasteiger partial charge in [-0.3, -0.25) is 0 Å². The highest BCUT2D eigenvalue weighted by Crippen LogP contribution is 2.34. The zero-order valence-electron chi connectivity index (χ0n) is 6.94. The van der Waals surface area contributed by atoms with Gasteiger partial charge >= 0.3 is 0 Å². The monoisotopic (exact) mass is 155 g/mol. The molecular formula is C9H14FN. The van der Waals surface area contributed by atoms with Crippen molar-refractivity contribution in [3.05, 3.63) is 0 Å². The van der Waals surface area contributed by atoms with Crippen LogP contribution in [0.25, 0.3) is 0 Å². The van der Waals surface area contributed by atoms with Crippen LogP contribution in [0.15, 0.2) is 0 Å². The summed E-state index contributed by atoms with van der Waals surface area (Å²) in [5.41, 5.74) is -1.58. The fourth-order valence-electron chi connectivity index (χ4n) is 1.74. The van der Waals surface area contributed by atoms with Crippen molar-refractivity contribution in [1.29, 1.82) is 5.26 Å². The number of alkyl halides is 1. The summed E-state index contributed by atoms with van der Waals surface area (Å²) >= 11 is 0. The van der Waals surface area contributed by atoms with Gasteiger partial charge in [-0.1, -0.05) is 19.3 Å². The van der Waals surface area contributed by atoms with Gasteiger partial charge < -0.3 is 0 Å². The second-order valence-electron chi connectivity index (χ2n) is 3.52. The Kier molecular flexibility index (Phi) is 2.49. The van der Waals surface area contributed by atoms with Crippen LogP contribution in [0.4, 0.5) is 4.39 Å². The Morgan fingerprint density at radius 1 is 1.36 bits per heavy atom. The molecule has 62 valence electrons. The van der Waals surface area contributed by atoms with E-state index in [1.165, 1.54) is 13.3 Å². The molecule has 11 heavy (non-hydrogen) atoms. The minimum absolute atomic E-state index is 0.0127. The average molecular weight is 155 g/mol. The Hall–Kier alpha value is -0.580. The Labute approximate surface area is 67.2 Å². The fraction of sp³-hybridized carbons (Fsp3) is 0.889. The van der Waals surface area contributed by atoms with Crippen molar-refractivity contribution in [2.24, 2.45) is 5.92 Å². The van der Waals surface area contributed by atoms with Crippen LogP contribution in [-0.4, -0.2) is 5.67 Å². The van der Waals surface area contributed by atoms with Gasteiger partial charge in [-0.15, -0.1) is 0 Å². The highest BCUT2D eigenvalue weighted by atomic mass is 19.1. The zero-order chi connectivity index (χ0) is 8.32. The summed E-state index contributed by atoms with van der Waals surface area (Å²) in [6, 6.07) is 1.74. The lowest BCUT2D eigenvalue weighted by Gasteiger charge is -2.27. The van der Waals surface area contributed by atoms with Crippen molar-refractivity contribution in [3.63, 3.8) is 0 Å². The smallest absolute Gasteiger partial charge is 0.196 e. The summed E-state index contributed by atoms with van der Waals surface area (Å²) in [7, 11) is 0. The van der Waals surface area contributed by atoms with E-state index in [1.807, 2.05) is 0 Å². The normalized spacial score (nSPS) is 25.5. The molecular weight excluding hydrogens is 141 g/mol. The number of nitrogens with zero attached hydrogens (tertiary/aromatic N) is 1. The van der Waals surface area contributed by atoms with Crippen LogP contribution in [0, 0.1) is 17.2 Å². The standard InChI is InChI=1S/C9H14FN/c1-9(10,7-11)8-5-3-2-4-6-8/h8H,2-6H2,1H3/t9-/m1/s1. The lowest BCUT2D eigenvalue weighted by molar-refractivity contribution is 0.131. The molecule has 1 fully saturated rings. The van der Waals surface area contributed by atoms with Crippen molar-refractivity contribution in [1.82, 2.24) is 0 Å². The van der Waals surface area contributed by atoms with E-state index in [2.05, 4.69) is 0 Å². The van der Waals surface area contributed by atoms with Crippen LogP contribution in [0.3, 0.4) is 0 Å². The van der Waals surface area contributed by atoms with E-state index in [0.717, 1.165) is 25.7 Å². The molecule has 1 aliphatic rings. The van der Waals surface area contributed by atoms with Crippen molar-refractivity contribution in [2.75, 3.05) is 0 Å². The lowest BCUT2D eigenvalue weighted by Crippen LogP contribution is -2.29. The third-order valence-electron chi connectivity index (χ3n) is 2.59. The van der Waals surface area contributed by atoms with Gasteiger partial charge in [0.25, 0.3) is 0 Å². The van der Waals surface area contributed by atoms with Crippen molar-refractivity contribution in [3.8, 4) is 6.07 Å². The Morgan fingerprint density at radius 2 is 1.91 bits per heavy atom. The van der Waals surface area contributed by atoms with Gasteiger partial charge in [0, 0.05) is 5.92 Å².